The molecule has 1 saturated carbocycles. The Balaban J connectivity index is 1.76. The average Bonchev–Trinajstić information content (AvgIpc) is 3.33. The van der Waals surface area contributed by atoms with Crippen molar-refractivity contribution in [3.8, 4) is 0 Å². The van der Waals surface area contributed by atoms with E-state index in [1.807, 2.05) is 58.1 Å². The number of carbonyl (C=O) groups excluding carboxylic acids is 3. The molecule has 396 valence electrons. The average molecular weight is 990 g/mol. The van der Waals surface area contributed by atoms with Crippen LogP contribution >= 0.6 is 0 Å². The summed E-state index contributed by atoms with van der Waals surface area (Å²) in [7, 11) is 4.61. The predicted octanol–water partition coefficient (Wildman–Crippen LogP) is 5.15. The van der Waals surface area contributed by atoms with Gasteiger partial charge in [-0.15, -0.1) is 0 Å². The van der Waals surface area contributed by atoms with Crippen molar-refractivity contribution in [2.75, 3.05) is 34.5 Å². The zero-order valence-electron chi connectivity index (χ0n) is 42.8. The highest BCUT2D eigenvalue weighted by Crippen LogP contribution is 2.37. The molecular formula is C52H83N3O15. The quantitative estimate of drug-likeness (QED) is 0.0543. The topological polar surface area (TPSA) is 267 Å². The first-order valence-electron chi connectivity index (χ1n) is 25.1. The van der Waals surface area contributed by atoms with Crippen LogP contribution in [0.5, 0.6) is 0 Å². The summed E-state index contributed by atoms with van der Waals surface area (Å²) in [5.41, 5.74) is 8.24. The molecule has 0 spiro atoms. The van der Waals surface area contributed by atoms with Gasteiger partial charge < -0.3 is 60.2 Å². The van der Waals surface area contributed by atoms with Crippen molar-refractivity contribution in [3.05, 3.63) is 47.6 Å². The number of cyclic esters (lactones) is 1. The number of fused-ring (bicyclic) bond motifs is 3. The van der Waals surface area contributed by atoms with Crippen LogP contribution in [0.25, 0.3) is 0 Å². The lowest BCUT2D eigenvalue weighted by Gasteiger charge is -2.43. The number of nitrogens with zero attached hydrogens (tertiary/aromatic N) is 1. The molecule has 2 bridgehead atoms. The van der Waals surface area contributed by atoms with Crippen molar-refractivity contribution in [1.82, 2.24) is 4.90 Å². The number of methoxy groups -OCH3 is 3. The lowest BCUT2D eigenvalue weighted by Crippen LogP contribution is -2.61. The van der Waals surface area contributed by atoms with Crippen LogP contribution in [0.2, 0.25) is 0 Å². The number of carboxylic acids is 1. The molecule has 1 aliphatic carbocycles. The summed E-state index contributed by atoms with van der Waals surface area (Å²) in [6.45, 7) is 10.2. The van der Waals surface area contributed by atoms with Gasteiger partial charge in [-0.05, 0) is 107 Å². The maximum Gasteiger partial charge on any atom is 0.333 e. The van der Waals surface area contributed by atoms with E-state index in [1.165, 1.54) is 12.0 Å². The number of allylic oxidation sites excluding steroid dienone is 5. The fraction of sp³-hybridized carbons (Fsp3) is 0.750. The van der Waals surface area contributed by atoms with E-state index in [0.717, 1.165) is 5.57 Å². The lowest BCUT2D eigenvalue weighted by atomic mass is 9.80. The number of esters is 1. The first-order valence-corrected chi connectivity index (χ1v) is 25.1. The van der Waals surface area contributed by atoms with Crippen molar-refractivity contribution in [1.29, 1.82) is 5.41 Å². The summed E-state index contributed by atoms with van der Waals surface area (Å²) in [6, 6.07) is -1.92. The Hall–Kier alpha value is -3.69. The van der Waals surface area contributed by atoms with Crippen molar-refractivity contribution in [2.24, 2.45) is 35.3 Å². The van der Waals surface area contributed by atoms with E-state index in [9.17, 15) is 39.6 Å². The largest absolute Gasteiger partial charge is 0.479 e. The van der Waals surface area contributed by atoms with Gasteiger partial charge >= 0.3 is 11.9 Å². The van der Waals surface area contributed by atoms with Crippen LogP contribution in [-0.4, -0.2) is 156 Å². The van der Waals surface area contributed by atoms with Gasteiger partial charge in [0.1, 0.15) is 24.4 Å². The van der Waals surface area contributed by atoms with Gasteiger partial charge in [0.2, 0.25) is 5.79 Å². The molecule has 16 atom stereocenters. The smallest absolute Gasteiger partial charge is 0.333 e. The van der Waals surface area contributed by atoms with E-state index in [-0.39, 0.29) is 36.9 Å². The summed E-state index contributed by atoms with van der Waals surface area (Å²) >= 11 is 0. The number of piperidine rings is 1. The standard InChI is InChI=1S/C52H83N3O15/c1-30-15-11-10-12-16-31(2)41(64-7)27-37-20-18-35(6)52(63,69-37)49(60)50(61)55-22-14-13-17-39(55)51(62)68-43(38(53)25-36-19-21-40(56)44(26-36)66-9)28-42(65-8)32(3)24-34(5)48(70-67-29-45(57)58)47(59)46(54)33(4)23-30/h10-12,15-16,24,30,32-33,35-44,47-48,54,56,59,63H,13-14,17-23,25-29,53H2,1-9H3,(H,57,58)/b12-10?,15-11+,31-16?,34-24+,54-46?/t30-,32-,33-,35-,36+,37+,38-,39+,40-,41+,42-,43+,44-,47+,48-,52-/m1/s1. The second kappa shape index (κ2) is 27.9. The molecule has 0 aromatic heterocycles. The van der Waals surface area contributed by atoms with Crippen LogP contribution in [0.15, 0.2) is 47.6 Å². The molecule has 0 aromatic carbocycles. The van der Waals surface area contributed by atoms with Gasteiger partial charge in [-0.3, -0.25) is 9.59 Å². The highest BCUT2D eigenvalue weighted by Gasteiger charge is 2.53. The highest BCUT2D eigenvalue weighted by molar-refractivity contribution is 6.39. The molecule has 0 radical (unpaired) electrons. The SMILES string of the molecule is CO[C@H]1C[C@@H]2CC[C@@H](C)[C@@](O)(O2)C(=O)C(=O)N2CCCC[C@H]2C(=O)O[C@H]([C@H](N)C[C@@H]2CC[C@@H](O)[C@H](OC)C2)C[C@@H](OC)[C@H](C)/C=C(\C)[C@@H](OOCC(=O)O)[C@@H](O)C(=N)[C@H](C)C[C@H](C)/C=C/C=CC=C1C. The van der Waals surface area contributed by atoms with E-state index < -0.39 is 115 Å². The molecule has 1 amide bonds. The van der Waals surface area contributed by atoms with Crippen LogP contribution < -0.4 is 5.73 Å². The normalized spacial score (nSPS) is 38.2. The minimum Gasteiger partial charge on any atom is -0.479 e. The van der Waals surface area contributed by atoms with E-state index in [1.54, 1.807) is 34.1 Å². The van der Waals surface area contributed by atoms with Crippen LogP contribution in [-0.2, 0) is 52.6 Å². The number of nitrogens with two attached hydrogens (primary N) is 1. The first kappa shape index (κ1) is 58.9. The fourth-order valence-electron chi connectivity index (χ4n) is 10.4. The zero-order valence-corrected chi connectivity index (χ0v) is 42.8. The van der Waals surface area contributed by atoms with E-state index >= 15 is 0 Å². The van der Waals surface area contributed by atoms with Gasteiger partial charge in [-0.25, -0.2) is 19.4 Å². The minimum absolute atomic E-state index is 0.0127. The van der Waals surface area contributed by atoms with E-state index in [4.69, 9.17) is 44.6 Å². The minimum atomic E-state index is -2.45. The molecule has 18 nitrogen and oxygen atoms in total. The van der Waals surface area contributed by atoms with Gasteiger partial charge in [-0.1, -0.05) is 64.2 Å². The Morgan fingerprint density at radius 3 is 2.29 bits per heavy atom. The number of nitrogens with one attached hydrogen (secondary N) is 1. The monoisotopic (exact) mass is 990 g/mol. The molecule has 2 saturated heterocycles. The number of aliphatic hydroxyl groups is 3. The number of ether oxygens (including phenoxy) is 5. The van der Waals surface area contributed by atoms with Crippen molar-refractivity contribution in [2.45, 2.75) is 185 Å². The number of carbonyl (C=O) groups is 4. The summed E-state index contributed by atoms with van der Waals surface area (Å²) < 4.78 is 30.0. The Bertz CT molecular complexity index is 1870. The molecule has 4 aliphatic rings. The summed E-state index contributed by atoms with van der Waals surface area (Å²) in [5, 5.41) is 52.5. The summed E-state index contributed by atoms with van der Waals surface area (Å²) in [5.74, 6) is -8.32. The van der Waals surface area contributed by atoms with Crippen LogP contribution in [0.4, 0.5) is 0 Å². The number of hydrogen-bond donors (Lipinski definition) is 6. The van der Waals surface area contributed by atoms with Gasteiger partial charge in [0.05, 0.1) is 30.5 Å². The van der Waals surface area contributed by atoms with Crippen LogP contribution in [0.1, 0.15) is 119 Å². The van der Waals surface area contributed by atoms with Crippen LogP contribution in [0, 0.1) is 35.0 Å². The molecular weight excluding hydrogens is 907 g/mol. The number of hydrogen-bond acceptors (Lipinski definition) is 16. The van der Waals surface area contributed by atoms with Crippen molar-refractivity contribution >= 4 is 29.3 Å². The zero-order chi connectivity index (χ0) is 51.9. The molecule has 0 unspecified atom stereocenters. The Kier molecular flexibility index (Phi) is 23.5. The second-order valence-corrected chi connectivity index (χ2v) is 20.3. The predicted molar refractivity (Wildman–Crippen MR) is 260 cm³/mol. The third kappa shape index (κ3) is 16.2. The summed E-state index contributed by atoms with van der Waals surface area (Å²) in [6.07, 6.45) is 9.85. The van der Waals surface area contributed by atoms with Crippen LogP contribution in [0.3, 0.4) is 0 Å². The number of carboxylic acid groups (broad SMARTS) is 1. The van der Waals surface area contributed by atoms with Gasteiger partial charge in [0, 0.05) is 64.3 Å². The Morgan fingerprint density at radius 2 is 1.61 bits per heavy atom. The Labute approximate surface area is 414 Å². The second-order valence-electron chi connectivity index (χ2n) is 20.3. The lowest BCUT2D eigenvalue weighted by molar-refractivity contribution is -0.321. The van der Waals surface area contributed by atoms with Gasteiger partial charge in [-0.2, -0.15) is 0 Å². The van der Waals surface area contributed by atoms with Gasteiger partial charge in [0.15, 0.2) is 6.61 Å². The molecule has 3 fully saturated rings. The van der Waals surface area contributed by atoms with E-state index in [2.05, 4.69) is 0 Å². The third-order valence-corrected chi connectivity index (χ3v) is 14.8. The maximum atomic E-state index is 14.5. The number of Topliss-reactive ketones (excluding diaryl/α,β-unsaturated/α-hetero) is 1. The molecule has 18 heteroatoms. The first-order chi connectivity index (χ1) is 33.1. The molecule has 3 heterocycles. The summed E-state index contributed by atoms with van der Waals surface area (Å²) in [4.78, 5) is 66.3. The van der Waals surface area contributed by atoms with Crippen molar-refractivity contribution in [3.63, 3.8) is 0 Å². The number of amides is 1. The maximum absolute atomic E-state index is 14.5. The van der Waals surface area contributed by atoms with Gasteiger partial charge in [0.25, 0.3) is 11.7 Å². The fourth-order valence-corrected chi connectivity index (χ4v) is 10.4. The Morgan fingerprint density at radius 1 is 0.900 bits per heavy atom. The number of aliphatic hydroxyl groups excluding tert-OH is 2. The molecule has 4 rings (SSSR count). The number of ketones is 1. The molecule has 70 heavy (non-hydrogen) atoms. The third-order valence-electron chi connectivity index (χ3n) is 14.8. The highest BCUT2D eigenvalue weighted by atomic mass is 17.2. The number of aliphatic carboxylic acids is 1. The molecule has 3 aliphatic heterocycles. The molecule has 7 N–H and O–H groups in total. The number of rotatable bonds is 10. The van der Waals surface area contributed by atoms with Crippen molar-refractivity contribution < 1.29 is 73.1 Å². The molecule has 0 aromatic rings. The van der Waals surface area contributed by atoms with E-state index in [0.29, 0.717) is 69.8 Å².